The number of hydrogen-bond acceptors (Lipinski definition) is 1. The first-order valence-corrected chi connectivity index (χ1v) is 4.19. The van der Waals surface area contributed by atoms with Crippen molar-refractivity contribution in [1.29, 1.82) is 0 Å². The molecule has 1 amide bonds. The molecule has 0 aromatic heterocycles. The highest BCUT2D eigenvalue weighted by Crippen LogP contribution is 2.19. The molecule has 12 heavy (non-hydrogen) atoms. The van der Waals surface area contributed by atoms with Gasteiger partial charge in [-0.1, -0.05) is 5.92 Å². The summed E-state index contributed by atoms with van der Waals surface area (Å²) >= 11 is 2.85. The van der Waals surface area contributed by atoms with Crippen molar-refractivity contribution in [3.05, 3.63) is 0 Å². The number of rotatable bonds is 0. The summed E-state index contributed by atoms with van der Waals surface area (Å²) in [6.07, 6.45) is -2.03. The number of carboxylic acid groups (broad SMARTS) is 1. The van der Waals surface area contributed by atoms with Crippen LogP contribution in [-0.4, -0.2) is 34.9 Å². The molecule has 0 aromatic rings. The van der Waals surface area contributed by atoms with Gasteiger partial charge in [0.2, 0.25) is 0 Å². The lowest BCUT2D eigenvalue weighted by Crippen LogP contribution is -2.33. The average molecular weight is 236 g/mol. The van der Waals surface area contributed by atoms with Crippen LogP contribution >= 0.6 is 15.9 Å². The number of likely N-dealkylation sites (tertiary alicyclic amines) is 1. The van der Waals surface area contributed by atoms with Gasteiger partial charge in [-0.25, -0.2) is 9.18 Å². The molecule has 0 saturated carbocycles. The zero-order chi connectivity index (χ0) is 9.14. The Bertz CT molecular complexity index is 248. The van der Waals surface area contributed by atoms with Crippen LogP contribution in [0.4, 0.5) is 9.18 Å². The SMILES string of the molecule is O=C(O)N1CC(F)CC1C#CBr. The Labute approximate surface area is 77.7 Å². The lowest BCUT2D eigenvalue weighted by atomic mass is 10.2. The maximum atomic E-state index is 12.7. The van der Waals surface area contributed by atoms with Crippen LogP contribution in [0, 0.1) is 10.8 Å². The van der Waals surface area contributed by atoms with Crippen LogP contribution < -0.4 is 0 Å². The van der Waals surface area contributed by atoms with Crippen molar-refractivity contribution in [1.82, 2.24) is 4.90 Å². The molecule has 1 aliphatic heterocycles. The molecule has 0 aliphatic carbocycles. The van der Waals surface area contributed by atoms with Crippen molar-refractivity contribution in [2.24, 2.45) is 0 Å². The molecule has 1 fully saturated rings. The molecule has 5 heteroatoms. The van der Waals surface area contributed by atoms with Gasteiger partial charge in [0.05, 0.1) is 6.54 Å². The van der Waals surface area contributed by atoms with E-state index in [-0.39, 0.29) is 13.0 Å². The molecule has 66 valence electrons. The minimum atomic E-state index is -1.12. The van der Waals surface area contributed by atoms with Crippen LogP contribution in [-0.2, 0) is 0 Å². The third kappa shape index (κ3) is 1.89. The summed E-state index contributed by atoms with van der Waals surface area (Å²) < 4.78 is 12.7. The number of nitrogens with zero attached hydrogens (tertiary/aromatic N) is 1. The van der Waals surface area contributed by atoms with Crippen LogP contribution in [0.2, 0.25) is 0 Å². The first-order chi connectivity index (χ1) is 5.65. The predicted molar refractivity (Wildman–Crippen MR) is 44.7 cm³/mol. The number of amides is 1. The van der Waals surface area contributed by atoms with Crippen LogP contribution in [0.5, 0.6) is 0 Å². The summed E-state index contributed by atoms with van der Waals surface area (Å²) in [7, 11) is 0. The number of hydrogen-bond donors (Lipinski definition) is 1. The third-order valence-corrected chi connectivity index (χ3v) is 1.95. The topological polar surface area (TPSA) is 40.5 Å². The molecule has 0 bridgehead atoms. The maximum absolute atomic E-state index is 12.7. The summed E-state index contributed by atoms with van der Waals surface area (Å²) in [4.78, 5) is 13.9. The van der Waals surface area contributed by atoms with Gasteiger partial charge in [-0.05, 0) is 4.83 Å². The standard InChI is InChI=1S/C7H7BrFNO2/c8-2-1-6-3-5(9)4-10(6)7(11)12/h5-6H,3-4H2,(H,11,12). The van der Waals surface area contributed by atoms with E-state index in [1.807, 2.05) is 0 Å². The molecule has 0 radical (unpaired) electrons. The second kappa shape index (κ2) is 3.76. The van der Waals surface area contributed by atoms with Gasteiger partial charge in [0.15, 0.2) is 0 Å². The first kappa shape index (κ1) is 9.33. The van der Waals surface area contributed by atoms with E-state index < -0.39 is 18.3 Å². The lowest BCUT2D eigenvalue weighted by molar-refractivity contribution is 0.145. The smallest absolute Gasteiger partial charge is 0.408 e. The zero-order valence-corrected chi connectivity index (χ0v) is 7.71. The molecule has 1 heterocycles. The van der Waals surface area contributed by atoms with Crippen LogP contribution in [0.3, 0.4) is 0 Å². The van der Waals surface area contributed by atoms with Crippen LogP contribution in [0.15, 0.2) is 0 Å². The van der Waals surface area contributed by atoms with Gasteiger partial charge < -0.3 is 5.11 Å². The minimum absolute atomic E-state index is 0.0678. The predicted octanol–water partition coefficient (Wildman–Crippen LogP) is 1.43. The highest BCUT2D eigenvalue weighted by Gasteiger charge is 2.34. The molecular weight excluding hydrogens is 229 g/mol. The largest absolute Gasteiger partial charge is 0.465 e. The molecule has 1 saturated heterocycles. The Morgan fingerprint density at radius 3 is 2.92 bits per heavy atom. The maximum Gasteiger partial charge on any atom is 0.408 e. The fourth-order valence-electron chi connectivity index (χ4n) is 1.20. The van der Waals surface area contributed by atoms with E-state index in [0.717, 1.165) is 4.90 Å². The zero-order valence-electron chi connectivity index (χ0n) is 6.13. The Morgan fingerprint density at radius 2 is 2.42 bits per heavy atom. The molecule has 2 atom stereocenters. The van der Waals surface area contributed by atoms with Crippen molar-refractivity contribution in [2.45, 2.75) is 18.6 Å². The van der Waals surface area contributed by atoms with E-state index in [2.05, 4.69) is 26.7 Å². The molecule has 1 N–H and O–H groups in total. The fourth-order valence-corrected chi connectivity index (χ4v) is 1.46. The molecular formula is C7H7BrFNO2. The minimum Gasteiger partial charge on any atom is -0.465 e. The summed E-state index contributed by atoms with van der Waals surface area (Å²) in [6.45, 7) is -0.0678. The van der Waals surface area contributed by atoms with Gasteiger partial charge in [0.25, 0.3) is 0 Å². The van der Waals surface area contributed by atoms with Crippen molar-refractivity contribution >= 4 is 22.0 Å². The summed E-state index contributed by atoms with van der Waals surface area (Å²) in [5, 5.41) is 8.60. The summed E-state index contributed by atoms with van der Waals surface area (Å²) in [6, 6.07) is -0.503. The average Bonchev–Trinajstić information content (AvgIpc) is 2.32. The van der Waals surface area contributed by atoms with Gasteiger partial charge in [-0.3, -0.25) is 4.90 Å². The normalized spacial score (nSPS) is 28.0. The van der Waals surface area contributed by atoms with Gasteiger partial charge in [0.1, 0.15) is 12.2 Å². The number of halogens is 2. The molecule has 1 rings (SSSR count). The van der Waals surface area contributed by atoms with E-state index >= 15 is 0 Å². The number of alkyl halides is 1. The van der Waals surface area contributed by atoms with E-state index in [4.69, 9.17) is 5.11 Å². The highest BCUT2D eigenvalue weighted by molar-refractivity contribution is 9.12. The second-order valence-electron chi connectivity index (χ2n) is 2.52. The third-order valence-electron chi connectivity index (χ3n) is 1.72. The fraction of sp³-hybridized carbons (Fsp3) is 0.571. The van der Waals surface area contributed by atoms with Crippen molar-refractivity contribution in [2.75, 3.05) is 6.54 Å². The summed E-state index contributed by atoms with van der Waals surface area (Å²) in [5.74, 6) is 2.58. The van der Waals surface area contributed by atoms with Gasteiger partial charge in [-0.2, -0.15) is 0 Å². The Morgan fingerprint density at radius 1 is 1.75 bits per heavy atom. The van der Waals surface area contributed by atoms with E-state index in [0.29, 0.717) is 0 Å². The molecule has 0 spiro atoms. The van der Waals surface area contributed by atoms with E-state index in [1.165, 1.54) is 0 Å². The molecule has 1 aliphatic rings. The van der Waals surface area contributed by atoms with Gasteiger partial charge in [-0.15, -0.1) is 0 Å². The molecule has 2 unspecified atom stereocenters. The van der Waals surface area contributed by atoms with Crippen molar-refractivity contribution in [3.63, 3.8) is 0 Å². The van der Waals surface area contributed by atoms with E-state index in [9.17, 15) is 9.18 Å². The lowest BCUT2D eigenvalue weighted by Gasteiger charge is -2.14. The Balaban J connectivity index is 2.70. The van der Waals surface area contributed by atoms with Crippen molar-refractivity contribution in [3.8, 4) is 10.8 Å². The Kier molecular flexibility index (Phi) is 2.93. The second-order valence-corrected chi connectivity index (χ2v) is 2.92. The molecule has 3 nitrogen and oxygen atoms in total. The Hall–Kier alpha value is -0.760. The quantitative estimate of drug-likeness (QED) is 0.646. The van der Waals surface area contributed by atoms with Crippen molar-refractivity contribution < 1.29 is 14.3 Å². The van der Waals surface area contributed by atoms with Crippen LogP contribution in [0.1, 0.15) is 6.42 Å². The summed E-state index contributed by atoms with van der Waals surface area (Å²) in [5.41, 5.74) is 0. The molecule has 0 aromatic carbocycles. The number of carbonyl (C=O) groups is 1. The monoisotopic (exact) mass is 235 g/mol. The van der Waals surface area contributed by atoms with Gasteiger partial charge >= 0.3 is 6.09 Å². The van der Waals surface area contributed by atoms with Gasteiger partial charge in [0, 0.05) is 22.4 Å². The first-order valence-electron chi connectivity index (χ1n) is 3.40. The van der Waals surface area contributed by atoms with E-state index in [1.54, 1.807) is 0 Å². The van der Waals surface area contributed by atoms with Crippen LogP contribution in [0.25, 0.3) is 0 Å². The highest BCUT2D eigenvalue weighted by atomic mass is 79.9.